The number of likely N-dealkylation sites (tertiary alicyclic amines) is 1. The quantitative estimate of drug-likeness (QED) is 0.782. The number of methoxy groups -OCH3 is 1. The first kappa shape index (κ1) is 11.9. The van der Waals surface area contributed by atoms with Gasteiger partial charge in [0, 0.05) is 25.7 Å². The van der Waals surface area contributed by atoms with Crippen LogP contribution in [0, 0.1) is 17.8 Å². The minimum atomic E-state index is 0.704. The summed E-state index contributed by atoms with van der Waals surface area (Å²) in [5.41, 5.74) is 0. The van der Waals surface area contributed by atoms with Crippen LogP contribution in [0.4, 0.5) is 0 Å². The first-order valence-electron chi connectivity index (χ1n) is 7.30. The zero-order chi connectivity index (χ0) is 11.8. The molecular formula is C14H26N2O. The molecule has 98 valence electrons. The van der Waals surface area contributed by atoms with E-state index in [0.29, 0.717) is 6.04 Å². The van der Waals surface area contributed by atoms with Crippen molar-refractivity contribution in [2.24, 2.45) is 17.8 Å². The Labute approximate surface area is 105 Å². The fourth-order valence-corrected chi connectivity index (χ4v) is 4.13. The molecule has 1 N–H and O–H groups in total. The number of ether oxygens (including phenoxy) is 1. The van der Waals surface area contributed by atoms with E-state index in [1.807, 2.05) is 7.11 Å². The van der Waals surface area contributed by atoms with Gasteiger partial charge >= 0.3 is 0 Å². The van der Waals surface area contributed by atoms with Crippen LogP contribution in [0.2, 0.25) is 0 Å². The minimum Gasteiger partial charge on any atom is -0.383 e. The molecular weight excluding hydrogens is 212 g/mol. The summed E-state index contributed by atoms with van der Waals surface area (Å²) < 4.78 is 5.48. The average molecular weight is 238 g/mol. The first-order valence-corrected chi connectivity index (χ1v) is 7.30. The van der Waals surface area contributed by atoms with Gasteiger partial charge in [-0.2, -0.15) is 0 Å². The molecule has 0 spiro atoms. The summed E-state index contributed by atoms with van der Waals surface area (Å²) >= 11 is 0. The Morgan fingerprint density at radius 2 is 2.18 bits per heavy atom. The Hall–Kier alpha value is -0.120. The van der Waals surface area contributed by atoms with Crippen LogP contribution in [-0.4, -0.2) is 50.3 Å². The number of hydrogen-bond donors (Lipinski definition) is 1. The van der Waals surface area contributed by atoms with Crippen molar-refractivity contribution in [3.8, 4) is 0 Å². The van der Waals surface area contributed by atoms with Gasteiger partial charge in [-0.05, 0) is 50.1 Å². The number of nitrogens with zero attached hydrogens (tertiary/aromatic N) is 1. The van der Waals surface area contributed by atoms with Crippen molar-refractivity contribution in [2.75, 3.05) is 33.4 Å². The van der Waals surface area contributed by atoms with E-state index in [0.717, 1.165) is 30.4 Å². The Bertz CT molecular complexity index is 265. The maximum Gasteiger partial charge on any atom is 0.0620 e. The Morgan fingerprint density at radius 1 is 1.35 bits per heavy atom. The lowest BCUT2D eigenvalue weighted by atomic mass is 9.92. The molecule has 0 aromatic rings. The number of rotatable bonds is 5. The molecule has 2 aliphatic heterocycles. The van der Waals surface area contributed by atoms with Gasteiger partial charge in [0.05, 0.1) is 6.61 Å². The monoisotopic (exact) mass is 238 g/mol. The SMILES string of the molecule is CCC1C2CNCC2CN1C(COC)C1CC1. The maximum absolute atomic E-state index is 5.48. The van der Waals surface area contributed by atoms with Crippen LogP contribution < -0.4 is 5.32 Å². The molecule has 2 saturated heterocycles. The van der Waals surface area contributed by atoms with Gasteiger partial charge < -0.3 is 10.1 Å². The van der Waals surface area contributed by atoms with Crippen molar-refractivity contribution in [1.82, 2.24) is 10.2 Å². The molecule has 3 heteroatoms. The summed E-state index contributed by atoms with van der Waals surface area (Å²) in [5, 5.41) is 3.57. The van der Waals surface area contributed by atoms with Gasteiger partial charge in [-0.15, -0.1) is 0 Å². The summed E-state index contributed by atoms with van der Waals surface area (Å²) in [7, 11) is 1.86. The van der Waals surface area contributed by atoms with Gasteiger partial charge in [0.2, 0.25) is 0 Å². The van der Waals surface area contributed by atoms with Gasteiger partial charge in [0.25, 0.3) is 0 Å². The highest BCUT2D eigenvalue weighted by Crippen LogP contribution is 2.42. The highest BCUT2D eigenvalue weighted by Gasteiger charge is 2.48. The van der Waals surface area contributed by atoms with Crippen molar-refractivity contribution < 1.29 is 4.74 Å². The molecule has 0 radical (unpaired) electrons. The van der Waals surface area contributed by atoms with Crippen LogP contribution in [0.15, 0.2) is 0 Å². The lowest BCUT2D eigenvalue weighted by Crippen LogP contribution is -2.45. The fraction of sp³-hybridized carbons (Fsp3) is 1.00. The summed E-state index contributed by atoms with van der Waals surface area (Å²) in [4.78, 5) is 2.80. The Morgan fingerprint density at radius 3 is 2.82 bits per heavy atom. The second kappa shape index (κ2) is 4.87. The first-order chi connectivity index (χ1) is 8.35. The molecule has 0 aromatic carbocycles. The van der Waals surface area contributed by atoms with Crippen molar-refractivity contribution in [2.45, 2.75) is 38.3 Å². The van der Waals surface area contributed by atoms with Crippen LogP contribution in [0.5, 0.6) is 0 Å². The van der Waals surface area contributed by atoms with E-state index in [1.165, 1.54) is 38.9 Å². The lowest BCUT2D eigenvalue weighted by molar-refractivity contribution is 0.0604. The largest absolute Gasteiger partial charge is 0.383 e. The molecule has 3 rings (SSSR count). The van der Waals surface area contributed by atoms with Crippen LogP contribution >= 0.6 is 0 Å². The molecule has 0 amide bonds. The third-order valence-corrected chi connectivity index (χ3v) is 5.11. The van der Waals surface area contributed by atoms with Crippen molar-refractivity contribution >= 4 is 0 Å². The van der Waals surface area contributed by atoms with Crippen LogP contribution in [0.3, 0.4) is 0 Å². The van der Waals surface area contributed by atoms with Crippen molar-refractivity contribution in [1.29, 1.82) is 0 Å². The van der Waals surface area contributed by atoms with Crippen molar-refractivity contribution in [3.63, 3.8) is 0 Å². The zero-order valence-electron chi connectivity index (χ0n) is 11.2. The zero-order valence-corrected chi connectivity index (χ0v) is 11.2. The molecule has 2 heterocycles. The Kier molecular flexibility index (Phi) is 3.42. The van der Waals surface area contributed by atoms with E-state index in [-0.39, 0.29) is 0 Å². The number of hydrogen-bond acceptors (Lipinski definition) is 3. The third-order valence-electron chi connectivity index (χ3n) is 5.11. The van der Waals surface area contributed by atoms with Gasteiger partial charge in [-0.1, -0.05) is 6.92 Å². The third kappa shape index (κ3) is 2.13. The molecule has 4 atom stereocenters. The summed E-state index contributed by atoms with van der Waals surface area (Å²) in [6.45, 7) is 7.08. The van der Waals surface area contributed by atoms with E-state index in [9.17, 15) is 0 Å². The molecule has 4 unspecified atom stereocenters. The van der Waals surface area contributed by atoms with Gasteiger partial charge in [0.1, 0.15) is 0 Å². The van der Waals surface area contributed by atoms with E-state index < -0.39 is 0 Å². The predicted octanol–water partition coefficient (Wildman–Crippen LogP) is 1.34. The normalized spacial score (nSPS) is 39.5. The van der Waals surface area contributed by atoms with Crippen LogP contribution in [-0.2, 0) is 4.74 Å². The predicted molar refractivity (Wildman–Crippen MR) is 69.0 cm³/mol. The van der Waals surface area contributed by atoms with Crippen LogP contribution in [0.25, 0.3) is 0 Å². The topological polar surface area (TPSA) is 24.5 Å². The molecule has 3 nitrogen and oxygen atoms in total. The second-order valence-electron chi connectivity index (χ2n) is 6.11. The fourth-order valence-electron chi connectivity index (χ4n) is 4.13. The minimum absolute atomic E-state index is 0.704. The molecule has 3 fully saturated rings. The lowest BCUT2D eigenvalue weighted by Gasteiger charge is -2.34. The molecule has 1 aliphatic carbocycles. The van der Waals surface area contributed by atoms with Gasteiger partial charge in [0.15, 0.2) is 0 Å². The Balaban J connectivity index is 1.72. The molecule has 1 saturated carbocycles. The molecule has 3 aliphatic rings. The summed E-state index contributed by atoms with van der Waals surface area (Å²) in [6.07, 6.45) is 4.15. The average Bonchev–Trinajstić information content (AvgIpc) is 2.96. The maximum atomic E-state index is 5.48. The van der Waals surface area contributed by atoms with Gasteiger partial charge in [-0.3, -0.25) is 4.90 Å². The summed E-state index contributed by atoms with van der Waals surface area (Å²) in [5.74, 6) is 2.73. The van der Waals surface area contributed by atoms with Crippen LogP contribution in [0.1, 0.15) is 26.2 Å². The molecule has 0 bridgehead atoms. The second-order valence-corrected chi connectivity index (χ2v) is 6.11. The van der Waals surface area contributed by atoms with Gasteiger partial charge in [-0.25, -0.2) is 0 Å². The highest BCUT2D eigenvalue weighted by molar-refractivity contribution is 5.02. The molecule has 0 aromatic heterocycles. The number of fused-ring (bicyclic) bond motifs is 1. The highest BCUT2D eigenvalue weighted by atomic mass is 16.5. The van der Waals surface area contributed by atoms with E-state index in [4.69, 9.17) is 4.74 Å². The van der Waals surface area contributed by atoms with E-state index in [2.05, 4.69) is 17.1 Å². The smallest absolute Gasteiger partial charge is 0.0620 e. The van der Waals surface area contributed by atoms with E-state index in [1.54, 1.807) is 0 Å². The van der Waals surface area contributed by atoms with Crippen molar-refractivity contribution in [3.05, 3.63) is 0 Å². The number of nitrogens with one attached hydrogen (secondary N) is 1. The molecule has 17 heavy (non-hydrogen) atoms. The standard InChI is InChI=1S/C14H26N2O/c1-3-13-12-7-15-6-11(12)8-16(13)14(9-17-2)10-4-5-10/h10-15H,3-9H2,1-2H3. The summed E-state index contributed by atoms with van der Waals surface area (Å²) in [6, 6.07) is 1.51. The van der Waals surface area contributed by atoms with E-state index >= 15 is 0 Å².